The van der Waals surface area contributed by atoms with Crippen LogP contribution < -0.4 is 29.1 Å². The Kier molecular flexibility index (Phi) is 10.7. The van der Waals surface area contributed by atoms with Crippen LogP contribution in [0.5, 0.6) is 17.2 Å². The number of ether oxygens (including phenoxy) is 4. The molecule has 1 aliphatic heterocycles. The van der Waals surface area contributed by atoms with Crippen molar-refractivity contribution in [2.45, 2.75) is 60.1 Å². The Balaban J connectivity index is 1.61. The molecule has 0 saturated heterocycles. The van der Waals surface area contributed by atoms with E-state index in [4.69, 9.17) is 23.9 Å². The van der Waals surface area contributed by atoms with Gasteiger partial charge in [-0.15, -0.1) is 0 Å². The summed E-state index contributed by atoms with van der Waals surface area (Å²) in [6, 6.07) is 14.7. The molecule has 0 N–H and O–H groups in total. The van der Waals surface area contributed by atoms with Gasteiger partial charge in [0.15, 0.2) is 16.3 Å². The van der Waals surface area contributed by atoms with Crippen molar-refractivity contribution in [3.8, 4) is 17.2 Å². The normalized spacial score (nSPS) is 14.5. The van der Waals surface area contributed by atoms with Crippen LogP contribution in [0.15, 0.2) is 74.1 Å². The third-order valence-electron chi connectivity index (χ3n) is 8.08. The zero-order chi connectivity index (χ0) is 33.8. The van der Waals surface area contributed by atoms with E-state index in [0.717, 1.165) is 22.0 Å². The molecule has 0 saturated carbocycles. The number of carbonyl (C=O) groups is 1. The lowest BCUT2D eigenvalue weighted by Crippen LogP contribution is -2.40. The van der Waals surface area contributed by atoms with E-state index in [1.807, 2.05) is 49.4 Å². The summed E-state index contributed by atoms with van der Waals surface area (Å²) in [5, 5.41) is 0. The molecule has 0 unspecified atom stereocenters. The van der Waals surface area contributed by atoms with Crippen molar-refractivity contribution in [2.24, 2.45) is 4.99 Å². The summed E-state index contributed by atoms with van der Waals surface area (Å²) in [5.74, 6) is 1.21. The summed E-state index contributed by atoms with van der Waals surface area (Å²) in [5.41, 5.74) is 6.81. The van der Waals surface area contributed by atoms with E-state index in [-0.39, 0.29) is 12.2 Å². The molecule has 3 aromatic carbocycles. The van der Waals surface area contributed by atoms with Gasteiger partial charge in [0.2, 0.25) is 0 Å². The molecular formula is C37H39BrN2O6S. The molecule has 0 spiro atoms. The van der Waals surface area contributed by atoms with Crippen molar-refractivity contribution in [3.05, 3.63) is 117 Å². The molecular weight excluding hydrogens is 680 g/mol. The Labute approximate surface area is 287 Å². The zero-order valence-corrected chi connectivity index (χ0v) is 30.1. The van der Waals surface area contributed by atoms with E-state index in [0.29, 0.717) is 56.4 Å². The minimum Gasteiger partial charge on any atom is -0.496 e. The highest BCUT2D eigenvalue weighted by Gasteiger charge is 2.36. The topological polar surface area (TPSA) is 88.4 Å². The maximum atomic E-state index is 14.2. The molecule has 0 amide bonds. The second kappa shape index (κ2) is 14.7. The van der Waals surface area contributed by atoms with Crippen LogP contribution in [-0.4, -0.2) is 31.4 Å². The fourth-order valence-electron chi connectivity index (χ4n) is 5.97. The molecule has 1 atom stereocenters. The van der Waals surface area contributed by atoms with Gasteiger partial charge >= 0.3 is 5.97 Å². The van der Waals surface area contributed by atoms with E-state index in [1.165, 1.54) is 28.0 Å². The maximum Gasteiger partial charge on any atom is 0.338 e. The maximum absolute atomic E-state index is 14.2. The number of fused-ring (bicyclic) bond motifs is 1. The number of thiazole rings is 1. The number of halogens is 1. The average molecular weight is 720 g/mol. The zero-order valence-electron chi connectivity index (χ0n) is 27.7. The highest BCUT2D eigenvalue weighted by Crippen LogP contribution is 2.38. The summed E-state index contributed by atoms with van der Waals surface area (Å²) in [4.78, 5) is 33.1. The highest BCUT2D eigenvalue weighted by molar-refractivity contribution is 9.10. The fraction of sp³-hybridized carbons (Fsp3) is 0.324. The SMILES string of the molecule is CCCC1=C(C(=O)OCC)[C@H](c2cc(Br)ccc2OC)n2c(s/c(=C/c3ccc(OCc4c(C)cc(C)cc4C)c(OC)c3)c2=O)=N1. The van der Waals surface area contributed by atoms with Crippen molar-refractivity contribution in [1.29, 1.82) is 0 Å². The number of rotatable bonds is 11. The number of aryl methyl sites for hydroxylation is 3. The van der Waals surface area contributed by atoms with Gasteiger partial charge in [-0.3, -0.25) is 9.36 Å². The van der Waals surface area contributed by atoms with Crippen LogP contribution in [0.3, 0.4) is 0 Å². The summed E-state index contributed by atoms with van der Waals surface area (Å²) >= 11 is 4.84. The van der Waals surface area contributed by atoms with Crippen LogP contribution in [0, 0.1) is 20.8 Å². The first kappa shape index (κ1) is 34.2. The van der Waals surface area contributed by atoms with Gasteiger partial charge in [0.05, 0.1) is 36.6 Å². The largest absolute Gasteiger partial charge is 0.496 e. The Hall–Kier alpha value is -4.15. The lowest BCUT2D eigenvalue weighted by atomic mass is 9.93. The van der Waals surface area contributed by atoms with Gasteiger partial charge in [0.1, 0.15) is 18.4 Å². The van der Waals surface area contributed by atoms with Crippen molar-refractivity contribution in [3.63, 3.8) is 0 Å². The van der Waals surface area contributed by atoms with Crippen LogP contribution >= 0.6 is 27.3 Å². The van der Waals surface area contributed by atoms with Gasteiger partial charge in [0, 0.05) is 10.0 Å². The quantitative estimate of drug-likeness (QED) is 0.158. The molecule has 5 rings (SSSR count). The van der Waals surface area contributed by atoms with Gasteiger partial charge in [0.25, 0.3) is 5.56 Å². The number of benzene rings is 3. The molecule has 246 valence electrons. The van der Waals surface area contributed by atoms with Gasteiger partial charge in [-0.1, -0.05) is 64.4 Å². The van der Waals surface area contributed by atoms with Crippen LogP contribution in [0.2, 0.25) is 0 Å². The molecule has 1 aromatic heterocycles. The summed E-state index contributed by atoms with van der Waals surface area (Å²) < 4.78 is 26.0. The van der Waals surface area contributed by atoms with Gasteiger partial charge < -0.3 is 18.9 Å². The fourth-order valence-corrected chi connectivity index (χ4v) is 7.36. The van der Waals surface area contributed by atoms with Crippen LogP contribution in [0.4, 0.5) is 0 Å². The predicted octanol–water partition coefficient (Wildman–Crippen LogP) is 6.86. The second-order valence-corrected chi connectivity index (χ2v) is 13.3. The van der Waals surface area contributed by atoms with Crippen molar-refractivity contribution < 1.29 is 23.7 Å². The van der Waals surface area contributed by atoms with E-state index < -0.39 is 12.0 Å². The molecule has 4 aromatic rings. The van der Waals surface area contributed by atoms with Crippen molar-refractivity contribution >= 4 is 39.3 Å². The Morgan fingerprint density at radius 2 is 1.68 bits per heavy atom. The molecule has 1 aliphatic rings. The molecule has 10 heteroatoms. The van der Waals surface area contributed by atoms with Crippen molar-refractivity contribution in [2.75, 3.05) is 20.8 Å². The molecule has 2 heterocycles. The number of hydrogen-bond acceptors (Lipinski definition) is 8. The number of methoxy groups -OCH3 is 2. The lowest BCUT2D eigenvalue weighted by Gasteiger charge is -2.27. The number of allylic oxidation sites excluding steroid dienone is 1. The summed E-state index contributed by atoms with van der Waals surface area (Å²) in [6.07, 6.45) is 3.12. The standard InChI is InChI=1S/C37H39BrN2O6S/c1-8-10-28-33(36(42)45-9-2)34(26-19-25(38)12-14-29(26)43-6)40-35(41)32(47-37(40)39-28)18-24-11-13-30(31(17-24)44-7)46-20-27-22(4)15-21(3)16-23(27)5/h11-19,34H,8-10,20H2,1-7H3/b32-18+/t34-/m0/s1. The monoisotopic (exact) mass is 718 g/mol. The second-order valence-electron chi connectivity index (χ2n) is 11.4. The van der Waals surface area contributed by atoms with Gasteiger partial charge in [-0.25, -0.2) is 9.79 Å². The number of carbonyl (C=O) groups excluding carboxylic acids is 1. The van der Waals surface area contributed by atoms with Gasteiger partial charge in [-0.2, -0.15) is 0 Å². The first-order valence-corrected chi connectivity index (χ1v) is 17.1. The summed E-state index contributed by atoms with van der Waals surface area (Å²) in [6.45, 7) is 10.7. The molecule has 0 aliphatic carbocycles. The Bertz CT molecular complexity index is 2020. The summed E-state index contributed by atoms with van der Waals surface area (Å²) in [7, 11) is 3.17. The minimum absolute atomic E-state index is 0.195. The smallest absolute Gasteiger partial charge is 0.338 e. The third-order valence-corrected chi connectivity index (χ3v) is 9.55. The van der Waals surface area contributed by atoms with Crippen LogP contribution in [-0.2, 0) is 16.1 Å². The Morgan fingerprint density at radius 3 is 2.34 bits per heavy atom. The first-order chi connectivity index (χ1) is 22.6. The average Bonchev–Trinajstić information content (AvgIpc) is 3.34. The van der Waals surface area contributed by atoms with E-state index in [9.17, 15) is 9.59 Å². The van der Waals surface area contributed by atoms with E-state index in [1.54, 1.807) is 25.7 Å². The van der Waals surface area contributed by atoms with Crippen LogP contribution in [0.25, 0.3) is 6.08 Å². The van der Waals surface area contributed by atoms with Crippen molar-refractivity contribution in [1.82, 2.24) is 4.57 Å². The van der Waals surface area contributed by atoms with E-state index >= 15 is 0 Å². The molecule has 8 nitrogen and oxygen atoms in total. The highest BCUT2D eigenvalue weighted by atomic mass is 79.9. The van der Waals surface area contributed by atoms with E-state index in [2.05, 4.69) is 48.8 Å². The molecule has 0 radical (unpaired) electrons. The Morgan fingerprint density at radius 1 is 0.979 bits per heavy atom. The first-order valence-electron chi connectivity index (χ1n) is 15.5. The predicted molar refractivity (Wildman–Crippen MR) is 188 cm³/mol. The molecule has 0 fully saturated rings. The number of aromatic nitrogens is 1. The number of nitrogens with zero attached hydrogens (tertiary/aromatic N) is 2. The lowest BCUT2D eigenvalue weighted by molar-refractivity contribution is -0.139. The molecule has 47 heavy (non-hydrogen) atoms. The minimum atomic E-state index is -0.791. The van der Waals surface area contributed by atoms with Crippen LogP contribution in [0.1, 0.15) is 66.1 Å². The molecule has 0 bridgehead atoms. The third kappa shape index (κ3) is 7.09. The number of hydrogen-bond donors (Lipinski definition) is 0. The van der Waals surface area contributed by atoms with Gasteiger partial charge in [-0.05, 0) is 92.8 Å². The number of esters is 1.